The van der Waals surface area contributed by atoms with Crippen molar-refractivity contribution in [2.45, 2.75) is 12.6 Å². The smallest absolute Gasteiger partial charge is 0.141 e. The molecule has 3 aromatic carbocycles. The lowest BCUT2D eigenvalue weighted by Crippen LogP contribution is -2.25. The number of ether oxygens (including phenoxy) is 1. The van der Waals surface area contributed by atoms with Crippen LogP contribution in [0, 0.1) is 0 Å². The fourth-order valence-electron chi connectivity index (χ4n) is 3.54. The topological polar surface area (TPSA) is 46.4 Å². The molecule has 0 saturated heterocycles. The first-order valence-corrected chi connectivity index (χ1v) is 10.6. The molecule has 0 bridgehead atoms. The summed E-state index contributed by atoms with van der Waals surface area (Å²) in [6.45, 7) is 0.917. The number of benzene rings is 3. The van der Waals surface area contributed by atoms with Crippen molar-refractivity contribution in [3.05, 3.63) is 69.6 Å². The predicted octanol–water partition coefficient (Wildman–Crippen LogP) is 5.80. The molecule has 0 aliphatic carbocycles. The van der Waals surface area contributed by atoms with Crippen molar-refractivity contribution in [1.29, 1.82) is 0 Å². The monoisotopic (exact) mass is 502 g/mol. The third-order valence-corrected chi connectivity index (χ3v) is 5.80. The minimum Gasteiger partial charge on any atom is -0.495 e. The summed E-state index contributed by atoms with van der Waals surface area (Å²) >= 11 is 7.14. The molecular formula is C22H20Br2N2O2. The standard InChI is InChI=1S/C22H20Br2N2O2/c1-28-22-5-3-2-4-19(22)25-12-16(27)13-26-20-8-6-14(23)10-17(20)18-11-15(24)7-9-21(18)26/h2-11,16,25,27H,12-13H2,1H3/t16-/m0/s1. The average molecular weight is 504 g/mol. The van der Waals surface area contributed by atoms with Gasteiger partial charge in [0.2, 0.25) is 0 Å². The van der Waals surface area contributed by atoms with Crippen LogP contribution in [0.1, 0.15) is 0 Å². The van der Waals surface area contributed by atoms with E-state index in [1.807, 2.05) is 36.4 Å². The first-order valence-electron chi connectivity index (χ1n) is 8.99. The fourth-order valence-corrected chi connectivity index (χ4v) is 4.26. The third-order valence-electron chi connectivity index (χ3n) is 4.82. The van der Waals surface area contributed by atoms with Crippen LogP contribution >= 0.6 is 31.9 Å². The zero-order valence-electron chi connectivity index (χ0n) is 15.3. The number of methoxy groups -OCH3 is 1. The number of rotatable bonds is 6. The quantitative estimate of drug-likeness (QED) is 0.349. The van der Waals surface area contributed by atoms with E-state index >= 15 is 0 Å². The van der Waals surface area contributed by atoms with Gasteiger partial charge in [-0.2, -0.15) is 0 Å². The first kappa shape index (κ1) is 19.3. The molecule has 4 rings (SSSR count). The minimum absolute atomic E-state index is 0.425. The van der Waals surface area contributed by atoms with Crippen molar-refractivity contribution in [2.75, 3.05) is 19.0 Å². The molecule has 4 nitrogen and oxygen atoms in total. The molecule has 0 aliphatic rings. The molecule has 0 radical (unpaired) electrons. The summed E-state index contributed by atoms with van der Waals surface area (Å²) in [5.74, 6) is 0.765. The van der Waals surface area contributed by atoms with E-state index in [-0.39, 0.29) is 0 Å². The summed E-state index contributed by atoms with van der Waals surface area (Å²) in [5, 5.41) is 16.3. The molecule has 4 aromatic rings. The van der Waals surface area contributed by atoms with Crippen LogP contribution in [0.15, 0.2) is 69.6 Å². The normalized spacial score (nSPS) is 12.4. The van der Waals surface area contributed by atoms with Gasteiger partial charge in [-0.25, -0.2) is 0 Å². The molecule has 0 amide bonds. The Morgan fingerprint density at radius 3 is 2.18 bits per heavy atom. The molecule has 1 heterocycles. The van der Waals surface area contributed by atoms with Crippen LogP contribution < -0.4 is 10.1 Å². The number of nitrogens with zero attached hydrogens (tertiary/aromatic N) is 1. The summed E-state index contributed by atoms with van der Waals surface area (Å²) in [6, 6.07) is 20.2. The Hall–Kier alpha value is -2.02. The second kappa shape index (κ2) is 8.15. The second-order valence-electron chi connectivity index (χ2n) is 6.67. The molecule has 2 N–H and O–H groups in total. The molecule has 28 heavy (non-hydrogen) atoms. The lowest BCUT2D eigenvalue weighted by molar-refractivity contribution is 0.169. The van der Waals surface area contributed by atoms with Crippen LogP contribution in [0.25, 0.3) is 21.8 Å². The van der Waals surface area contributed by atoms with Crippen LogP contribution in [0.3, 0.4) is 0 Å². The van der Waals surface area contributed by atoms with E-state index in [9.17, 15) is 5.11 Å². The number of fused-ring (bicyclic) bond motifs is 3. The second-order valence-corrected chi connectivity index (χ2v) is 8.50. The highest BCUT2D eigenvalue weighted by Gasteiger charge is 2.15. The number of hydrogen-bond acceptors (Lipinski definition) is 3. The van der Waals surface area contributed by atoms with Gasteiger partial charge in [0.1, 0.15) is 5.75 Å². The van der Waals surface area contributed by atoms with Crippen LogP contribution in [0.2, 0.25) is 0 Å². The van der Waals surface area contributed by atoms with Crippen LogP contribution in [-0.4, -0.2) is 29.4 Å². The van der Waals surface area contributed by atoms with Gasteiger partial charge in [0.25, 0.3) is 0 Å². The maximum absolute atomic E-state index is 10.7. The van der Waals surface area contributed by atoms with Gasteiger partial charge in [-0.1, -0.05) is 44.0 Å². The van der Waals surface area contributed by atoms with Crippen LogP contribution in [-0.2, 0) is 6.54 Å². The summed E-state index contributed by atoms with van der Waals surface area (Å²) in [6.07, 6.45) is -0.559. The van der Waals surface area contributed by atoms with E-state index in [2.05, 4.69) is 66.0 Å². The molecule has 1 aromatic heterocycles. The third kappa shape index (κ3) is 3.77. The van der Waals surface area contributed by atoms with Gasteiger partial charge in [-0.05, 0) is 48.5 Å². The largest absolute Gasteiger partial charge is 0.495 e. The van der Waals surface area contributed by atoms with Crippen molar-refractivity contribution in [3.8, 4) is 5.75 Å². The Morgan fingerprint density at radius 2 is 1.57 bits per heavy atom. The van der Waals surface area contributed by atoms with E-state index in [1.54, 1.807) is 7.11 Å². The Balaban J connectivity index is 1.63. The van der Waals surface area contributed by atoms with Gasteiger partial charge in [-0.3, -0.25) is 0 Å². The Morgan fingerprint density at radius 1 is 0.964 bits per heavy atom. The molecule has 6 heteroatoms. The van der Waals surface area contributed by atoms with Crippen LogP contribution in [0.4, 0.5) is 5.69 Å². The van der Waals surface area contributed by atoms with Gasteiger partial charge in [0, 0.05) is 37.3 Å². The van der Waals surface area contributed by atoms with Crippen molar-refractivity contribution in [2.24, 2.45) is 0 Å². The number of aliphatic hydroxyl groups excluding tert-OH is 1. The maximum Gasteiger partial charge on any atom is 0.141 e. The lowest BCUT2D eigenvalue weighted by atomic mass is 10.2. The highest BCUT2D eigenvalue weighted by Crippen LogP contribution is 2.33. The Labute approximate surface area is 180 Å². The summed E-state index contributed by atoms with van der Waals surface area (Å²) < 4.78 is 9.62. The average Bonchev–Trinajstić information content (AvgIpc) is 2.98. The van der Waals surface area contributed by atoms with E-state index in [0.29, 0.717) is 13.1 Å². The Kier molecular flexibility index (Phi) is 5.62. The van der Waals surface area contributed by atoms with Crippen molar-refractivity contribution < 1.29 is 9.84 Å². The van der Waals surface area contributed by atoms with Gasteiger partial charge in [0.15, 0.2) is 0 Å². The molecule has 0 fully saturated rings. The number of para-hydroxylation sites is 2. The molecule has 0 unspecified atom stereocenters. The zero-order valence-corrected chi connectivity index (χ0v) is 18.5. The molecular weight excluding hydrogens is 484 g/mol. The van der Waals surface area contributed by atoms with Crippen molar-refractivity contribution >= 4 is 59.4 Å². The SMILES string of the molecule is COc1ccccc1NC[C@H](O)Cn1c2ccc(Br)cc2c2cc(Br)ccc21. The number of hydrogen-bond donors (Lipinski definition) is 2. The van der Waals surface area contributed by atoms with E-state index in [0.717, 1.165) is 42.2 Å². The zero-order chi connectivity index (χ0) is 19.7. The lowest BCUT2D eigenvalue weighted by Gasteiger charge is -2.17. The minimum atomic E-state index is -0.559. The van der Waals surface area contributed by atoms with Gasteiger partial charge in [-0.15, -0.1) is 0 Å². The van der Waals surface area contributed by atoms with E-state index in [1.165, 1.54) is 0 Å². The Bertz CT molecular complexity index is 1080. The van der Waals surface area contributed by atoms with Crippen molar-refractivity contribution in [3.63, 3.8) is 0 Å². The van der Waals surface area contributed by atoms with Crippen LogP contribution in [0.5, 0.6) is 5.75 Å². The van der Waals surface area contributed by atoms with Gasteiger partial charge < -0.3 is 19.7 Å². The van der Waals surface area contributed by atoms with Crippen molar-refractivity contribution in [1.82, 2.24) is 4.57 Å². The summed E-state index contributed by atoms with van der Waals surface area (Å²) in [7, 11) is 1.64. The predicted molar refractivity (Wildman–Crippen MR) is 122 cm³/mol. The van der Waals surface area contributed by atoms with Gasteiger partial charge in [0.05, 0.1) is 25.4 Å². The van der Waals surface area contributed by atoms with Gasteiger partial charge >= 0.3 is 0 Å². The number of halogens is 2. The molecule has 0 aliphatic heterocycles. The summed E-state index contributed by atoms with van der Waals surface area (Å²) in [4.78, 5) is 0. The number of nitrogens with one attached hydrogen (secondary N) is 1. The number of aromatic nitrogens is 1. The number of aliphatic hydroxyl groups is 1. The number of anilines is 1. The molecule has 0 spiro atoms. The first-order chi connectivity index (χ1) is 13.6. The fraction of sp³-hybridized carbons (Fsp3) is 0.182. The van der Waals surface area contributed by atoms with E-state index in [4.69, 9.17) is 4.74 Å². The molecule has 144 valence electrons. The highest BCUT2D eigenvalue weighted by atomic mass is 79.9. The molecule has 1 atom stereocenters. The maximum atomic E-state index is 10.7. The molecule has 0 saturated carbocycles. The summed E-state index contributed by atoms with van der Waals surface area (Å²) in [5.41, 5.74) is 3.08. The van der Waals surface area contributed by atoms with E-state index < -0.39 is 6.10 Å². The highest BCUT2D eigenvalue weighted by molar-refractivity contribution is 9.10.